The minimum absolute atomic E-state index is 0.118. The van der Waals surface area contributed by atoms with Gasteiger partial charge in [-0.15, -0.1) is 0 Å². The molecule has 6 nitrogen and oxygen atoms in total. The molecule has 4 rings (SSSR count). The second kappa shape index (κ2) is 6.64. The van der Waals surface area contributed by atoms with Crippen molar-refractivity contribution in [2.24, 2.45) is 0 Å². The Balaban J connectivity index is 1.79. The summed E-state index contributed by atoms with van der Waals surface area (Å²) in [5.41, 5.74) is 0.782. The second-order valence-electron chi connectivity index (χ2n) is 6.75. The van der Waals surface area contributed by atoms with Crippen LogP contribution in [0.15, 0.2) is 32.0 Å². The minimum atomic E-state index is -0.307. The number of hydrogen-bond acceptors (Lipinski definition) is 5. The lowest BCUT2D eigenvalue weighted by atomic mass is 9.96. The largest absolute Gasteiger partial charge is 0.506 e. The van der Waals surface area contributed by atoms with E-state index in [-0.39, 0.29) is 22.1 Å². The van der Waals surface area contributed by atoms with Gasteiger partial charge < -0.3 is 24.6 Å². The summed E-state index contributed by atoms with van der Waals surface area (Å²) >= 11 is 5.47. The normalized spacial score (nSPS) is 15.4. The number of nitrogens with one attached hydrogen (secondary N) is 2. The van der Waals surface area contributed by atoms with E-state index in [9.17, 15) is 9.90 Å². The number of thiocarbonyl (C=S) groups is 1. The van der Waals surface area contributed by atoms with Gasteiger partial charge in [0.05, 0.1) is 11.6 Å². The summed E-state index contributed by atoms with van der Waals surface area (Å²) in [4.78, 5) is 12.4. The molecule has 0 atom stereocenters. The lowest BCUT2D eigenvalue weighted by Crippen LogP contribution is -2.38. The third kappa shape index (κ3) is 2.92. The van der Waals surface area contributed by atoms with E-state index in [1.807, 2.05) is 0 Å². The van der Waals surface area contributed by atoms with Gasteiger partial charge in [0, 0.05) is 12.1 Å². The Morgan fingerprint density at radius 3 is 2.81 bits per heavy atom. The molecule has 0 saturated heterocycles. The van der Waals surface area contributed by atoms with Crippen LogP contribution in [0.25, 0.3) is 21.9 Å². The van der Waals surface area contributed by atoms with Crippen molar-refractivity contribution < 1.29 is 13.9 Å². The van der Waals surface area contributed by atoms with Crippen LogP contribution < -0.4 is 16.1 Å². The van der Waals surface area contributed by atoms with Gasteiger partial charge in [0.15, 0.2) is 21.7 Å². The van der Waals surface area contributed by atoms with Crippen molar-refractivity contribution in [3.63, 3.8) is 0 Å². The van der Waals surface area contributed by atoms with Crippen LogP contribution in [0.3, 0.4) is 0 Å². The van der Waals surface area contributed by atoms with Crippen LogP contribution in [-0.4, -0.2) is 16.3 Å². The van der Waals surface area contributed by atoms with Gasteiger partial charge in [-0.1, -0.05) is 19.3 Å². The monoisotopic (exact) mass is 372 g/mol. The third-order valence-corrected chi connectivity index (χ3v) is 5.08. The third-order valence-electron chi connectivity index (χ3n) is 4.86. The molecular formula is C19H20N2O4S. The standard InChI is InChI=1S/C19H20N2O4S/c1-10-9-13(22)14-16(23)12-7-8-24-17(12)15(18(14)25-10)21-19(26)20-11-5-3-2-4-6-11/h7-9,11,23H,2-6H2,1H3,(H2,20,21,26). The zero-order chi connectivity index (χ0) is 18.3. The van der Waals surface area contributed by atoms with E-state index in [0.717, 1.165) is 12.8 Å². The SMILES string of the molecule is Cc1cc(=O)c2c(O)c3ccoc3c(NC(=S)NC3CCCCC3)c2o1. The molecule has 0 radical (unpaired) electrons. The van der Waals surface area contributed by atoms with E-state index in [4.69, 9.17) is 21.1 Å². The molecule has 3 N–H and O–H groups in total. The number of hydrogen-bond donors (Lipinski definition) is 3. The van der Waals surface area contributed by atoms with Gasteiger partial charge in [-0.3, -0.25) is 4.79 Å². The smallest absolute Gasteiger partial charge is 0.196 e. The lowest BCUT2D eigenvalue weighted by molar-refractivity contribution is 0.415. The molecule has 0 aliphatic heterocycles. The van der Waals surface area contributed by atoms with Crippen molar-refractivity contribution in [1.29, 1.82) is 0 Å². The average molecular weight is 372 g/mol. The van der Waals surface area contributed by atoms with E-state index in [1.54, 1.807) is 13.0 Å². The molecule has 0 unspecified atom stereocenters. The first-order valence-corrected chi connectivity index (χ1v) is 9.19. The number of fused-ring (bicyclic) bond motifs is 2. The van der Waals surface area contributed by atoms with E-state index < -0.39 is 0 Å². The maximum absolute atomic E-state index is 12.4. The quantitative estimate of drug-likeness (QED) is 0.459. The highest BCUT2D eigenvalue weighted by Crippen LogP contribution is 2.40. The van der Waals surface area contributed by atoms with Gasteiger partial charge in [0.1, 0.15) is 22.6 Å². The molecule has 0 spiro atoms. The van der Waals surface area contributed by atoms with Crippen molar-refractivity contribution in [2.45, 2.75) is 45.1 Å². The van der Waals surface area contributed by atoms with E-state index in [1.165, 1.54) is 31.6 Å². The highest BCUT2D eigenvalue weighted by atomic mass is 32.1. The highest BCUT2D eigenvalue weighted by molar-refractivity contribution is 7.80. The van der Waals surface area contributed by atoms with Gasteiger partial charge in [0.25, 0.3) is 0 Å². The first kappa shape index (κ1) is 16.9. The maximum atomic E-state index is 12.4. The van der Waals surface area contributed by atoms with Gasteiger partial charge in [-0.25, -0.2) is 0 Å². The molecule has 1 fully saturated rings. The highest BCUT2D eigenvalue weighted by Gasteiger charge is 2.22. The van der Waals surface area contributed by atoms with Crippen LogP contribution in [-0.2, 0) is 0 Å². The molecule has 0 bridgehead atoms. The number of rotatable bonds is 2. The molecule has 3 aromatic rings. The number of furan rings is 1. The molecule has 1 aromatic carbocycles. The molecule has 1 saturated carbocycles. The van der Waals surface area contributed by atoms with Crippen molar-refractivity contribution >= 4 is 45.0 Å². The predicted octanol–water partition coefficient (Wildman–Crippen LogP) is 4.17. The number of benzene rings is 1. The Kier molecular flexibility index (Phi) is 4.32. The summed E-state index contributed by atoms with van der Waals surface area (Å²) in [6.45, 7) is 1.69. The van der Waals surface area contributed by atoms with E-state index in [2.05, 4.69) is 10.6 Å². The summed E-state index contributed by atoms with van der Waals surface area (Å²) in [5, 5.41) is 18.0. The van der Waals surface area contributed by atoms with Crippen LogP contribution >= 0.6 is 12.2 Å². The summed E-state index contributed by atoms with van der Waals surface area (Å²) < 4.78 is 11.3. The number of phenolic OH excluding ortho intramolecular Hbond substituents is 1. The first-order chi connectivity index (χ1) is 12.5. The van der Waals surface area contributed by atoms with E-state index >= 15 is 0 Å². The topological polar surface area (TPSA) is 87.6 Å². The fraction of sp³-hybridized carbons (Fsp3) is 0.368. The fourth-order valence-electron chi connectivity index (χ4n) is 3.63. The lowest BCUT2D eigenvalue weighted by Gasteiger charge is -2.24. The van der Waals surface area contributed by atoms with Crippen molar-refractivity contribution in [2.75, 3.05) is 5.32 Å². The van der Waals surface area contributed by atoms with Crippen LogP contribution in [0.4, 0.5) is 5.69 Å². The predicted molar refractivity (Wildman–Crippen MR) is 105 cm³/mol. The minimum Gasteiger partial charge on any atom is -0.506 e. The Morgan fingerprint density at radius 2 is 2.04 bits per heavy atom. The molecule has 2 aromatic heterocycles. The zero-order valence-corrected chi connectivity index (χ0v) is 15.2. The number of aromatic hydroxyl groups is 1. The average Bonchev–Trinajstić information content (AvgIpc) is 3.09. The Bertz CT molecular complexity index is 1050. The Hall–Kier alpha value is -2.54. The maximum Gasteiger partial charge on any atom is 0.196 e. The second-order valence-corrected chi connectivity index (χ2v) is 7.15. The van der Waals surface area contributed by atoms with Gasteiger partial charge >= 0.3 is 0 Å². The fourth-order valence-corrected chi connectivity index (χ4v) is 3.90. The molecule has 1 aliphatic rings. The Morgan fingerprint density at radius 1 is 1.27 bits per heavy atom. The summed E-state index contributed by atoms with van der Waals surface area (Å²) in [5.74, 6) is 0.302. The zero-order valence-electron chi connectivity index (χ0n) is 14.4. The van der Waals surface area contributed by atoms with Crippen LogP contribution in [0.1, 0.15) is 37.9 Å². The molecule has 0 amide bonds. The van der Waals surface area contributed by atoms with Gasteiger partial charge in [-0.05, 0) is 38.0 Å². The number of anilines is 1. The number of aryl methyl sites for hydroxylation is 1. The van der Waals surface area contributed by atoms with Gasteiger partial charge in [0.2, 0.25) is 0 Å². The molecular weight excluding hydrogens is 352 g/mol. The van der Waals surface area contributed by atoms with Gasteiger partial charge in [-0.2, -0.15) is 0 Å². The number of phenols is 1. The van der Waals surface area contributed by atoms with Crippen LogP contribution in [0.2, 0.25) is 0 Å². The van der Waals surface area contributed by atoms with E-state index in [0.29, 0.717) is 33.6 Å². The van der Waals surface area contributed by atoms with Crippen molar-refractivity contribution in [1.82, 2.24) is 5.32 Å². The Labute approximate surface area is 155 Å². The molecule has 136 valence electrons. The molecule has 7 heteroatoms. The van der Waals surface area contributed by atoms with Crippen molar-refractivity contribution in [3.05, 3.63) is 34.4 Å². The van der Waals surface area contributed by atoms with Crippen LogP contribution in [0, 0.1) is 6.92 Å². The molecule has 1 aliphatic carbocycles. The molecule has 2 heterocycles. The first-order valence-electron chi connectivity index (χ1n) is 8.78. The molecule has 26 heavy (non-hydrogen) atoms. The summed E-state index contributed by atoms with van der Waals surface area (Å²) in [7, 11) is 0. The van der Waals surface area contributed by atoms with Crippen LogP contribution in [0.5, 0.6) is 5.75 Å². The summed E-state index contributed by atoms with van der Waals surface area (Å²) in [6, 6.07) is 3.32. The summed E-state index contributed by atoms with van der Waals surface area (Å²) in [6.07, 6.45) is 7.28. The van der Waals surface area contributed by atoms with Crippen molar-refractivity contribution in [3.8, 4) is 5.75 Å².